The number of rotatable bonds is 4. The molecule has 1 aromatic heterocycles. The summed E-state index contributed by atoms with van der Waals surface area (Å²) in [6.45, 7) is 3.30. The fourth-order valence-corrected chi connectivity index (χ4v) is 3.98. The van der Waals surface area contributed by atoms with Crippen LogP contribution in [-0.4, -0.2) is 39.9 Å². The van der Waals surface area contributed by atoms with E-state index in [-0.39, 0.29) is 0 Å². The molecule has 2 atom stereocenters. The molecule has 3 rings (SSSR count). The number of fused-ring (bicyclic) bond motifs is 2. The molecule has 2 aliphatic rings. The molecule has 1 N–H and O–H groups in total. The van der Waals surface area contributed by atoms with E-state index in [1.807, 2.05) is 11.7 Å². The summed E-state index contributed by atoms with van der Waals surface area (Å²) in [5, 5.41) is 8.05. The highest BCUT2D eigenvalue weighted by Gasteiger charge is 2.40. The number of hydrogen-bond acceptors (Lipinski definition) is 3. The fraction of sp³-hybridized carbons (Fsp3) is 0.800. The van der Waals surface area contributed by atoms with E-state index in [9.17, 15) is 0 Å². The van der Waals surface area contributed by atoms with E-state index >= 15 is 0 Å². The Morgan fingerprint density at radius 3 is 2.58 bits per heavy atom. The van der Waals surface area contributed by atoms with Crippen molar-refractivity contribution in [2.24, 2.45) is 7.05 Å². The minimum Gasteiger partial charge on any atom is -0.317 e. The van der Waals surface area contributed by atoms with Crippen LogP contribution in [0.4, 0.5) is 0 Å². The summed E-state index contributed by atoms with van der Waals surface area (Å²) < 4.78 is 1.97. The minimum atomic E-state index is 0.730. The molecule has 2 saturated heterocycles. The first kappa shape index (κ1) is 13.1. The van der Waals surface area contributed by atoms with Gasteiger partial charge in [0.2, 0.25) is 0 Å². The highest BCUT2D eigenvalue weighted by Crippen LogP contribution is 2.36. The Hall–Kier alpha value is -0.870. The smallest absolute Gasteiger partial charge is 0.0666 e. The first-order valence-electron chi connectivity index (χ1n) is 7.65. The zero-order valence-corrected chi connectivity index (χ0v) is 12.4. The van der Waals surface area contributed by atoms with Crippen LogP contribution in [0.1, 0.15) is 43.9 Å². The molecule has 1 aromatic rings. The van der Waals surface area contributed by atoms with Crippen molar-refractivity contribution >= 4 is 0 Å². The van der Waals surface area contributed by atoms with E-state index in [0.29, 0.717) is 0 Å². The van der Waals surface area contributed by atoms with Gasteiger partial charge in [0.15, 0.2) is 0 Å². The van der Waals surface area contributed by atoms with Gasteiger partial charge in [-0.3, -0.25) is 9.58 Å². The Balaban J connectivity index is 1.74. The van der Waals surface area contributed by atoms with E-state index in [0.717, 1.165) is 31.1 Å². The fourth-order valence-electron chi connectivity index (χ4n) is 3.98. The summed E-state index contributed by atoms with van der Waals surface area (Å²) in [4.78, 5) is 2.74. The van der Waals surface area contributed by atoms with Crippen LogP contribution in [0, 0.1) is 0 Å². The second-order valence-corrected chi connectivity index (χ2v) is 6.14. The predicted molar refractivity (Wildman–Crippen MR) is 77.0 cm³/mol. The van der Waals surface area contributed by atoms with Gasteiger partial charge in [0, 0.05) is 43.5 Å². The highest BCUT2D eigenvalue weighted by molar-refractivity contribution is 5.18. The molecular formula is C15H26N4. The Kier molecular flexibility index (Phi) is 3.63. The Morgan fingerprint density at radius 2 is 2.00 bits per heavy atom. The van der Waals surface area contributed by atoms with Gasteiger partial charge in [-0.15, -0.1) is 0 Å². The Morgan fingerprint density at radius 1 is 1.32 bits per heavy atom. The normalized spacial score (nSPS) is 31.0. The van der Waals surface area contributed by atoms with Crippen LogP contribution in [0.3, 0.4) is 0 Å². The molecule has 4 heteroatoms. The van der Waals surface area contributed by atoms with Gasteiger partial charge in [0.05, 0.1) is 5.69 Å². The summed E-state index contributed by atoms with van der Waals surface area (Å²) in [6.07, 6.45) is 8.64. The molecule has 0 aliphatic carbocycles. The maximum Gasteiger partial charge on any atom is 0.0666 e. The zero-order chi connectivity index (χ0) is 13.4. The van der Waals surface area contributed by atoms with Gasteiger partial charge in [-0.2, -0.15) is 5.10 Å². The Labute approximate surface area is 116 Å². The third kappa shape index (κ3) is 2.43. The molecule has 0 radical (unpaired) electrons. The number of piperidine rings is 1. The average Bonchev–Trinajstić information content (AvgIpc) is 2.86. The van der Waals surface area contributed by atoms with Crippen molar-refractivity contribution in [2.45, 2.75) is 63.7 Å². The van der Waals surface area contributed by atoms with Crippen LogP contribution in [0.25, 0.3) is 0 Å². The third-order valence-electron chi connectivity index (χ3n) is 4.97. The molecule has 106 valence electrons. The lowest BCUT2D eigenvalue weighted by molar-refractivity contribution is 0.111. The number of hydrogen-bond donors (Lipinski definition) is 1. The quantitative estimate of drug-likeness (QED) is 0.896. The van der Waals surface area contributed by atoms with Crippen LogP contribution in [0.5, 0.6) is 0 Å². The van der Waals surface area contributed by atoms with E-state index in [2.05, 4.69) is 35.5 Å². The van der Waals surface area contributed by atoms with Gasteiger partial charge in [-0.05, 0) is 39.2 Å². The van der Waals surface area contributed by atoms with Crippen molar-refractivity contribution in [3.05, 3.63) is 17.5 Å². The van der Waals surface area contributed by atoms with E-state index in [1.165, 1.54) is 36.9 Å². The molecule has 19 heavy (non-hydrogen) atoms. The lowest BCUT2D eigenvalue weighted by Gasteiger charge is -2.38. The van der Waals surface area contributed by atoms with Crippen LogP contribution in [0.15, 0.2) is 6.20 Å². The summed E-state index contributed by atoms with van der Waals surface area (Å²) in [5.41, 5.74) is 2.71. The van der Waals surface area contributed by atoms with Crippen molar-refractivity contribution in [1.82, 2.24) is 20.0 Å². The van der Waals surface area contributed by atoms with Gasteiger partial charge in [-0.25, -0.2) is 0 Å². The van der Waals surface area contributed by atoms with Crippen LogP contribution < -0.4 is 5.32 Å². The zero-order valence-electron chi connectivity index (χ0n) is 12.4. The molecule has 0 spiro atoms. The topological polar surface area (TPSA) is 33.1 Å². The molecule has 3 heterocycles. The second kappa shape index (κ2) is 5.25. The van der Waals surface area contributed by atoms with E-state index in [1.54, 1.807) is 0 Å². The van der Waals surface area contributed by atoms with Crippen molar-refractivity contribution in [1.29, 1.82) is 0 Å². The average molecular weight is 262 g/mol. The van der Waals surface area contributed by atoms with Crippen LogP contribution in [0.2, 0.25) is 0 Å². The van der Waals surface area contributed by atoms with E-state index < -0.39 is 0 Å². The molecular weight excluding hydrogens is 236 g/mol. The van der Waals surface area contributed by atoms with E-state index in [4.69, 9.17) is 0 Å². The molecule has 0 saturated carbocycles. The lowest BCUT2D eigenvalue weighted by atomic mass is 9.97. The lowest BCUT2D eigenvalue weighted by Crippen LogP contribution is -2.47. The second-order valence-electron chi connectivity index (χ2n) is 6.14. The van der Waals surface area contributed by atoms with Gasteiger partial charge in [-0.1, -0.05) is 6.92 Å². The summed E-state index contributed by atoms with van der Waals surface area (Å²) >= 11 is 0. The standard InChI is InChI=1S/C15H26N4/c1-4-15-11(9-18(3)17-15)10-19-13-5-6-14(19)8-12(7-13)16-2/h9,12-14,16H,4-8,10H2,1-3H3. The first-order valence-corrected chi connectivity index (χ1v) is 7.65. The molecule has 4 nitrogen and oxygen atoms in total. The molecule has 2 unspecified atom stereocenters. The minimum absolute atomic E-state index is 0.730. The number of nitrogens with zero attached hydrogens (tertiary/aromatic N) is 3. The number of aryl methyl sites for hydroxylation is 2. The number of aromatic nitrogens is 2. The highest BCUT2D eigenvalue weighted by atomic mass is 15.3. The number of nitrogens with one attached hydrogen (secondary N) is 1. The van der Waals surface area contributed by atoms with Crippen LogP contribution in [-0.2, 0) is 20.0 Å². The summed E-state index contributed by atoms with van der Waals surface area (Å²) in [5.74, 6) is 0. The maximum atomic E-state index is 4.57. The third-order valence-corrected chi connectivity index (χ3v) is 4.97. The van der Waals surface area contributed by atoms with Crippen molar-refractivity contribution < 1.29 is 0 Å². The molecule has 0 aromatic carbocycles. The molecule has 2 fully saturated rings. The molecule has 0 amide bonds. The molecule has 2 bridgehead atoms. The SMILES string of the molecule is CCc1nn(C)cc1CN1C2CCC1CC(NC)C2. The molecule has 2 aliphatic heterocycles. The summed E-state index contributed by atoms with van der Waals surface area (Å²) in [6, 6.07) is 2.29. The van der Waals surface area contributed by atoms with Gasteiger partial charge < -0.3 is 5.32 Å². The first-order chi connectivity index (χ1) is 9.21. The van der Waals surface area contributed by atoms with Crippen molar-refractivity contribution in [3.63, 3.8) is 0 Å². The van der Waals surface area contributed by atoms with Gasteiger partial charge in [0.1, 0.15) is 0 Å². The summed E-state index contributed by atoms with van der Waals surface area (Å²) in [7, 11) is 4.14. The van der Waals surface area contributed by atoms with Crippen molar-refractivity contribution in [2.75, 3.05) is 7.05 Å². The maximum absolute atomic E-state index is 4.57. The van der Waals surface area contributed by atoms with Gasteiger partial charge in [0.25, 0.3) is 0 Å². The van der Waals surface area contributed by atoms with Gasteiger partial charge >= 0.3 is 0 Å². The monoisotopic (exact) mass is 262 g/mol. The Bertz CT molecular complexity index is 425. The largest absolute Gasteiger partial charge is 0.317 e. The predicted octanol–water partition coefficient (Wildman–Crippen LogP) is 1.70. The van der Waals surface area contributed by atoms with Crippen LogP contribution >= 0.6 is 0 Å². The van der Waals surface area contributed by atoms with Crippen molar-refractivity contribution in [3.8, 4) is 0 Å².